The van der Waals surface area contributed by atoms with Crippen LogP contribution < -0.4 is 10.1 Å². The van der Waals surface area contributed by atoms with Gasteiger partial charge in [-0.2, -0.15) is 0 Å². The molecule has 144 valence electrons. The molecule has 28 heavy (non-hydrogen) atoms. The Kier molecular flexibility index (Phi) is 5.39. The molecule has 4 rings (SSSR count). The second-order valence-electron chi connectivity index (χ2n) is 6.93. The van der Waals surface area contributed by atoms with Gasteiger partial charge in [0.1, 0.15) is 5.75 Å². The van der Waals surface area contributed by atoms with Crippen LogP contribution in [0.5, 0.6) is 5.75 Å². The van der Waals surface area contributed by atoms with Gasteiger partial charge >= 0.3 is 0 Å². The van der Waals surface area contributed by atoms with E-state index in [2.05, 4.69) is 20.6 Å². The molecule has 6 heteroatoms. The molecule has 5 nitrogen and oxygen atoms in total. The van der Waals surface area contributed by atoms with Crippen molar-refractivity contribution in [2.75, 3.05) is 18.4 Å². The number of fused-ring (bicyclic) bond motifs is 1. The van der Waals surface area contributed by atoms with Crippen molar-refractivity contribution < 1.29 is 9.53 Å². The van der Waals surface area contributed by atoms with E-state index in [1.54, 1.807) is 18.7 Å². The molecule has 0 bridgehead atoms. The summed E-state index contributed by atoms with van der Waals surface area (Å²) in [6, 6.07) is 15.6. The van der Waals surface area contributed by atoms with Crippen molar-refractivity contribution in [2.24, 2.45) is 4.99 Å². The molecule has 0 fully saturated rings. The molecule has 2 aromatic carbocycles. The molecule has 2 aliphatic rings. The fourth-order valence-electron chi connectivity index (χ4n) is 3.15. The summed E-state index contributed by atoms with van der Waals surface area (Å²) in [5, 5.41) is 6.15. The predicted molar refractivity (Wildman–Crippen MR) is 116 cm³/mol. The molecule has 1 atom stereocenters. The van der Waals surface area contributed by atoms with E-state index in [0.29, 0.717) is 5.75 Å². The molecule has 0 saturated heterocycles. The van der Waals surface area contributed by atoms with Gasteiger partial charge in [0.2, 0.25) is 0 Å². The molecule has 1 amide bonds. The van der Waals surface area contributed by atoms with Crippen molar-refractivity contribution in [3.63, 3.8) is 0 Å². The van der Waals surface area contributed by atoms with E-state index in [1.807, 2.05) is 55.5 Å². The highest BCUT2D eigenvalue weighted by atomic mass is 32.2. The molecule has 0 saturated carbocycles. The Morgan fingerprint density at radius 2 is 1.93 bits per heavy atom. The summed E-state index contributed by atoms with van der Waals surface area (Å²) in [4.78, 5) is 19.3. The first-order valence-corrected chi connectivity index (χ1v) is 10.3. The van der Waals surface area contributed by atoms with Crippen LogP contribution in [0, 0.1) is 6.92 Å². The third kappa shape index (κ3) is 4.07. The summed E-state index contributed by atoms with van der Waals surface area (Å²) in [6.45, 7) is 5.68. The van der Waals surface area contributed by atoms with Crippen molar-refractivity contribution in [1.29, 1.82) is 0 Å². The standard InChI is InChI=1S/C22H23N3O2S/c1-15-4-10-19(11-5-15)27-16(2)21(26)24-18-8-6-17(7-9-18)20-14-28-22-23-12-3-13-25(20)22/h4-11,14,16H,3,12-13H2,1-2H3,(H,24,26)/t16-/m1/s1. The number of nitrogens with one attached hydrogen (secondary N) is 1. The van der Waals surface area contributed by atoms with Crippen LogP contribution >= 0.6 is 11.8 Å². The summed E-state index contributed by atoms with van der Waals surface area (Å²) < 4.78 is 5.72. The number of aryl methyl sites for hydroxylation is 1. The normalized spacial score (nSPS) is 16.7. The van der Waals surface area contributed by atoms with Crippen molar-refractivity contribution in [2.45, 2.75) is 26.4 Å². The van der Waals surface area contributed by atoms with Crippen LogP contribution in [0.1, 0.15) is 24.5 Å². The van der Waals surface area contributed by atoms with Gasteiger partial charge in [0.25, 0.3) is 5.91 Å². The zero-order valence-electron chi connectivity index (χ0n) is 16.0. The van der Waals surface area contributed by atoms with Crippen LogP contribution in [-0.2, 0) is 4.79 Å². The number of nitrogens with zero attached hydrogens (tertiary/aromatic N) is 2. The van der Waals surface area contributed by atoms with Crippen LogP contribution in [0.25, 0.3) is 5.70 Å². The van der Waals surface area contributed by atoms with E-state index in [0.717, 1.165) is 41.5 Å². The second-order valence-corrected chi connectivity index (χ2v) is 7.77. The largest absolute Gasteiger partial charge is 0.481 e. The summed E-state index contributed by atoms with van der Waals surface area (Å²) in [5.41, 5.74) is 4.22. The third-order valence-corrected chi connectivity index (χ3v) is 5.64. The Morgan fingerprint density at radius 1 is 1.18 bits per heavy atom. The lowest BCUT2D eigenvalue weighted by Gasteiger charge is -2.25. The van der Waals surface area contributed by atoms with Crippen LogP contribution in [-0.4, -0.2) is 35.2 Å². The Morgan fingerprint density at radius 3 is 2.68 bits per heavy atom. The lowest BCUT2D eigenvalue weighted by atomic mass is 10.1. The maximum Gasteiger partial charge on any atom is 0.265 e. The van der Waals surface area contributed by atoms with Crippen molar-refractivity contribution in [3.8, 4) is 5.75 Å². The van der Waals surface area contributed by atoms with E-state index in [-0.39, 0.29) is 5.91 Å². The van der Waals surface area contributed by atoms with Crippen molar-refractivity contribution >= 4 is 34.2 Å². The zero-order valence-corrected chi connectivity index (χ0v) is 16.8. The number of ether oxygens (including phenoxy) is 1. The number of hydrogen-bond donors (Lipinski definition) is 1. The highest BCUT2D eigenvalue weighted by Gasteiger charge is 2.25. The van der Waals surface area contributed by atoms with Gasteiger partial charge in [0.15, 0.2) is 11.3 Å². The van der Waals surface area contributed by atoms with Gasteiger partial charge in [-0.25, -0.2) is 0 Å². The number of aliphatic imine (C=N–C) groups is 1. The first-order valence-electron chi connectivity index (χ1n) is 9.43. The quantitative estimate of drug-likeness (QED) is 0.812. The first kappa shape index (κ1) is 18.6. The smallest absolute Gasteiger partial charge is 0.265 e. The number of thioether (sulfide) groups is 1. The van der Waals surface area contributed by atoms with Gasteiger partial charge in [0, 0.05) is 24.2 Å². The molecule has 2 heterocycles. The van der Waals surface area contributed by atoms with Gasteiger partial charge in [0.05, 0.1) is 5.70 Å². The lowest BCUT2D eigenvalue weighted by Crippen LogP contribution is -2.30. The number of rotatable bonds is 5. The zero-order chi connectivity index (χ0) is 19.5. The molecular formula is C22H23N3O2S. The number of amidine groups is 1. The molecule has 0 spiro atoms. The topological polar surface area (TPSA) is 53.9 Å². The summed E-state index contributed by atoms with van der Waals surface area (Å²) >= 11 is 1.68. The number of carbonyl (C=O) groups excluding carboxylic acids is 1. The molecule has 0 aliphatic carbocycles. The van der Waals surface area contributed by atoms with E-state index in [4.69, 9.17) is 4.74 Å². The SMILES string of the molecule is Cc1ccc(O[C@H](C)C(=O)Nc2ccc(C3=CSC4=NCCCN34)cc2)cc1. The number of benzene rings is 2. The highest BCUT2D eigenvalue weighted by Crippen LogP contribution is 2.35. The minimum absolute atomic E-state index is 0.172. The summed E-state index contributed by atoms with van der Waals surface area (Å²) in [6.07, 6.45) is 0.498. The van der Waals surface area contributed by atoms with E-state index >= 15 is 0 Å². The fraction of sp³-hybridized carbons (Fsp3) is 0.273. The van der Waals surface area contributed by atoms with Gasteiger partial charge in [-0.1, -0.05) is 41.6 Å². The monoisotopic (exact) mass is 393 g/mol. The second kappa shape index (κ2) is 8.10. The van der Waals surface area contributed by atoms with Crippen LogP contribution in [0.3, 0.4) is 0 Å². The van der Waals surface area contributed by atoms with Crippen molar-refractivity contribution in [3.05, 3.63) is 65.1 Å². The van der Waals surface area contributed by atoms with Crippen LogP contribution in [0.2, 0.25) is 0 Å². The molecule has 0 radical (unpaired) electrons. The van der Waals surface area contributed by atoms with Gasteiger partial charge < -0.3 is 15.0 Å². The lowest BCUT2D eigenvalue weighted by molar-refractivity contribution is -0.122. The van der Waals surface area contributed by atoms with Crippen molar-refractivity contribution in [1.82, 2.24) is 4.90 Å². The predicted octanol–water partition coefficient (Wildman–Crippen LogP) is 4.51. The highest BCUT2D eigenvalue weighted by molar-refractivity contribution is 8.16. The van der Waals surface area contributed by atoms with Gasteiger partial charge in [-0.3, -0.25) is 9.79 Å². The Hall–Kier alpha value is -2.73. The minimum atomic E-state index is -0.580. The number of amides is 1. The van der Waals surface area contributed by atoms with E-state index in [1.165, 1.54) is 5.70 Å². The van der Waals surface area contributed by atoms with E-state index < -0.39 is 6.10 Å². The molecule has 0 unspecified atom stereocenters. The minimum Gasteiger partial charge on any atom is -0.481 e. The van der Waals surface area contributed by atoms with E-state index in [9.17, 15) is 4.79 Å². The molecule has 1 N–H and O–H groups in total. The molecule has 2 aliphatic heterocycles. The first-order chi connectivity index (χ1) is 13.6. The molecular weight excluding hydrogens is 370 g/mol. The third-order valence-electron chi connectivity index (χ3n) is 4.74. The van der Waals surface area contributed by atoms with Gasteiger partial charge in [-0.15, -0.1) is 0 Å². The average molecular weight is 394 g/mol. The maximum absolute atomic E-state index is 12.4. The summed E-state index contributed by atoms with van der Waals surface area (Å²) in [5.74, 6) is 0.516. The molecule has 2 aromatic rings. The number of anilines is 1. The Bertz CT molecular complexity index is 920. The summed E-state index contributed by atoms with van der Waals surface area (Å²) in [7, 11) is 0. The number of carbonyl (C=O) groups is 1. The van der Waals surface area contributed by atoms with Crippen LogP contribution in [0.4, 0.5) is 5.69 Å². The fourth-order valence-corrected chi connectivity index (χ4v) is 4.11. The molecule has 0 aromatic heterocycles. The Balaban J connectivity index is 1.37. The average Bonchev–Trinajstić information content (AvgIpc) is 3.14. The van der Waals surface area contributed by atoms with Gasteiger partial charge in [-0.05, 0) is 50.1 Å². The maximum atomic E-state index is 12.4. The number of hydrogen-bond acceptors (Lipinski definition) is 5. The van der Waals surface area contributed by atoms with Crippen LogP contribution in [0.15, 0.2) is 58.9 Å². The Labute approximate surface area is 169 Å².